The summed E-state index contributed by atoms with van der Waals surface area (Å²) in [6.07, 6.45) is 11.3. The van der Waals surface area contributed by atoms with Crippen LogP contribution < -0.4 is 0 Å². The summed E-state index contributed by atoms with van der Waals surface area (Å²) in [5.41, 5.74) is 18.8. The van der Waals surface area contributed by atoms with Gasteiger partial charge in [0.05, 0.1) is 0 Å². The number of hydrogen-bond donors (Lipinski definition) is 0. The number of aromatic nitrogens is 4. The molecule has 4 nitrogen and oxygen atoms in total. The van der Waals surface area contributed by atoms with Gasteiger partial charge in [-0.15, -0.1) is 94.5 Å². The molecule has 0 bridgehead atoms. The molecule has 5 heteroatoms. The minimum absolute atomic E-state index is 0. The van der Waals surface area contributed by atoms with E-state index < -0.39 is 0 Å². The molecule has 0 N–H and O–H groups in total. The van der Waals surface area contributed by atoms with Gasteiger partial charge >= 0.3 is 20.1 Å². The molecule has 0 aliphatic carbocycles. The Morgan fingerprint density at radius 1 is 0.375 bits per heavy atom. The van der Waals surface area contributed by atoms with Gasteiger partial charge in [0.2, 0.25) is 0 Å². The Morgan fingerprint density at radius 2 is 0.875 bits per heavy atom. The van der Waals surface area contributed by atoms with E-state index in [1.165, 1.54) is 38.9 Å². The second-order valence-electron chi connectivity index (χ2n) is 15.8. The van der Waals surface area contributed by atoms with Crippen LogP contribution in [0, 0.1) is 18.2 Å². The molecule has 6 aromatic carbocycles. The summed E-state index contributed by atoms with van der Waals surface area (Å²) in [6, 6.07) is 76.7. The first-order valence-corrected chi connectivity index (χ1v) is 21.5. The minimum atomic E-state index is 0. The maximum Gasteiger partial charge on any atom is 3.00 e. The zero-order chi connectivity index (χ0) is 42.2. The third kappa shape index (κ3) is 9.67. The molecule has 4 aromatic heterocycles. The van der Waals surface area contributed by atoms with Crippen LogP contribution in [0.25, 0.3) is 73.0 Å². The maximum absolute atomic E-state index is 4.68. The molecule has 10 rings (SSSR count). The van der Waals surface area contributed by atoms with Crippen LogP contribution in [0.15, 0.2) is 213 Å². The Morgan fingerprint density at radius 3 is 1.41 bits per heavy atom. The van der Waals surface area contributed by atoms with Crippen molar-refractivity contribution in [3.05, 3.63) is 253 Å². The van der Waals surface area contributed by atoms with Gasteiger partial charge in [0.1, 0.15) is 0 Å². The van der Waals surface area contributed by atoms with Crippen molar-refractivity contribution in [2.24, 2.45) is 0 Å². The molecule has 0 saturated carbocycles. The van der Waals surface area contributed by atoms with Crippen LogP contribution in [0.2, 0.25) is 0 Å². The Labute approximate surface area is 389 Å². The SMILES string of the molecule is [Ir+3].[c-]1cc(CCc2cc(CCc3c[c-]c(-c4ccccn4)cc3)cc(-c3cccn3-c3c[c-]c(-c4ccccn4)cc3-c3ccc(-c4ccccc4)cc3)c2)ccc1-c1ccccn1. The third-order valence-corrected chi connectivity index (χ3v) is 11.6. The van der Waals surface area contributed by atoms with Crippen molar-refractivity contribution in [2.45, 2.75) is 25.7 Å². The van der Waals surface area contributed by atoms with Gasteiger partial charge in [-0.1, -0.05) is 115 Å². The Hall–Kier alpha value is -7.30. The minimum Gasteiger partial charge on any atom is -0.357 e. The quantitative estimate of drug-likeness (QED) is 0.108. The molecule has 308 valence electrons. The second kappa shape index (κ2) is 19.8. The predicted molar refractivity (Wildman–Crippen MR) is 256 cm³/mol. The molecule has 0 fully saturated rings. The van der Waals surface area contributed by atoms with Crippen LogP contribution in [-0.4, -0.2) is 19.5 Å². The molecule has 0 aliphatic heterocycles. The van der Waals surface area contributed by atoms with Crippen LogP contribution in [-0.2, 0) is 45.8 Å². The van der Waals surface area contributed by atoms with Crippen molar-refractivity contribution in [1.82, 2.24) is 19.5 Å². The zero-order valence-corrected chi connectivity index (χ0v) is 37.6. The summed E-state index contributed by atoms with van der Waals surface area (Å²) in [7, 11) is 0. The fourth-order valence-corrected chi connectivity index (χ4v) is 8.25. The van der Waals surface area contributed by atoms with E-state index in [-0.39, 0.29) is 20.1 Å². The molecule has 0 unspecified atom stereocenters. The van der Waals surface area contributed by atoms with Gasteiger partial charge in [0.25, 0.3) is 0 Å². The van der Waals surface area contributed by atoms with Crippen LogP contribution >= 0.6 is 0 Å². The van der Waals surface area contributed by atoms with Crippen LogP contribution in [0.3, 0.4) is 0 Å². The third-order valence-electron chi connectivity index (χ3n) is 11.6. The molecule has 10 aromatic rings. The fourth-order valence-electron chi connectivity index (χ4n) is 8.25. The number of nitrogens with zero attached hydrogens (tertiary/aromatic N) is 4. The number of aryl methyl sites for hydroxylation is 4. The summed E-state index contributed by atoms with van der Waals surface area (Å²) in [4.78, 5) is 13.7. The van der Waals surface area contributed by atoms with E-state index in [4.69, 9.17) is 0 Å². The van der Waals surface area contributed by atoms with Gasteiger partial charge in [-0.25, -0.2) is 0 Å². The summed E-state index contributed by atoms with van der Waals surface area (Å²) in [5.74, 6) is 0. The zero-order valence-electron chi connectivity index (χ0n) is 35.2. The van der Waals surface area contributed by atoms with Gasteiger partial charge in [0, 0.05) is 24.3 Å². The van der Waals surface area contributed by atoms with Gasteiger partial charge in [-0.3, -0.25) is 0 Å². The molecule has 0 radical (unpaired) electrons. The van der Waals surface area contributed by atoms with E-state index in [9.17, 15) is 0 Å². The topological polar surface area (TPSA) is 43.6 Å². The molecular weight excluding hydrogens is 957 g/mol. The van der Waals surface area contributed by atoms with E-state index in [0.717, 1.165) is 82.0 Å². The standard InChI is InChI=1S/C59H43N4.Ir/c1-2-11-47(12-3-1)48-29-31-49(32-30-48)54-42-52(57-15-6-9-37-62-57)33-34-59(54)63-38-10-16-58(63)53-40-45(19-17-43-21-25-50(26-22-43)55-13-4-7-35-60-55)39-46(41-53)20-18-44-23-27-51(28-24-44)56-14-5-8-36-61-56;/h1-16,21-25,27,29-32,34-42H,17-20H2;/q-3;+3. The van der Waals surface area contributed by atoms with Crippen LogP contribution in [0.1, 0.15) is 22.3 Å². The van der Waals surface area contributed by atoms with Gasteiger partial charge < -0.3 is 19.5 Å². The van der Waals surface area contributed by atoms with E-state index in [1.807, 2.05) is 73.2 Å². The number of benzene rings is 6. The summed E-state index contributed by atoms with van der Waals surface area (Å²) in [5, 5.41) is 0. The van der Waals surface area contributed by atoms with Crippen molar-refractivity contribution in [2.75, 3.05) is 0 Å². The average molecular weight is 1000 g/mol. The molecular formula is C59H43IrN4. The first kappa shape index (κ1) is 42.0. The Bertz CT molecular complexity index is 2950. The van der Waals surface area contributed by atoms with E-state index in [1.54, 1.807) is 0 Å². The molecule has 4 heterocycles. The Balaban J connectivity index is 0.00000518. The van der Waals surface area contributed by atoms with Crippen molar-refractivity contribution >= 4 is 0 Å². The summed E-state index contributed by atoms with van der Waals surface area (Å²) in [6.45, 7) is 0. The first-order valence-electron chi connectivity index (χ1n) is 21.5. The van der Waals surface area contributed by atoms with E-state index in [2.05, 4.69) is 177 Å². The summed E-state index contributed by atoms with van der Waals surface area (Å²) < 4.78 is 2.32. The van der Waals surface area contributed by atoms with Crippen LogP contribution in [0.5, 0.6) is 0 Å². The number of hydrogen-bond acceptors (Lipinski definition) is 3. The van der Waals surface area contributed by atoms with Crippen molar-refractivity contribution in [3.63, 3.8) is 0 Å². The normalized spacial score (nSPS) is 10.9. The molecule has 64 heavy (non-hydrogen) atoms. The van der Waals surface area contributed by atoms with Gasteiger partial charge in [0.15, 0.2) is 0 Å². The summed E-state index contributed by atoms with van der Waals surface area (Å²) >= 11 is 0. The van der Waals surface area contributed by atoms with Crippen LogP contribution in [0.4, 0.5) is 0 Å². The monoisotopic (exact) mass is 1000 g/mol. The van der Waals surface area contributed by atoms with Gasteiger partial charge in [-0.2, -0.15) is 0 Å². The predicted octanol–water partition coefficient (Wildman–Crippen LogP) is 13.6. The Kier molecular flexibility index (Phi) is 13.0. The van der Waals surface area contributed by atoms with Crippen molar-refractivity contribution in [3.8, 4) is 73.0 Å². The molecule has 0 amide bonds. The largest absolute Gasteiger partial charge is 3.00 e. The van der Waals surface area contributed by atoms with Crippen molar-refractivity contribution < 1.29 is 20.1 Å². The number of rotatable bonds is 13. The second-order valence-corrected chi connectivity index (χ2v) is 15.8. The smallest absolute Gasteiger partial charge is 0.357 e. The molecule has 0 spiro atoms. The molecule has 0 atom stereocenters. The fraction of sp³-hybridized carbons (Fsp3) is 0.0678. The average Bonchev–Trinajstić information content (AvgIpc) is 3.87. The van der Waals surface area contributed by atoms with E-state index >= 15 is 0 Å². The number of pyridine rings is 3. The van der Waals surface area contributed by atoms with Crippen molar-refractivity contribution in [1.29, 1.82) is 0 Å². The maximum atomic E-state index is 4.68. The van der Waals surface area contributed by atoms with E-state index in [0.29, 0.717) is 0 Å². The first-order chi connectivity index (χ1) is 31.2. The molecule has 0 aliphatic rings. The molecule has 0 saturated heterocycles. The van der Waals surface area contributed by atoms with Gasteiger partial charge in [-0.05, 0) is 118 Å².